The third-order valence-corrected chi connectivity index (χ3v) is 3.86. The summed E-state index contributed by atoms with van der Waals surface area (Å²) in [6.07, 6.45) is -4.61. The number of hydrogen-bond acceptors (Lipinski definition) is 8. The van der Waals surface area contributed by atoms with E-state index in [-0.39, 0.29) is 21.8 Å². The van der Waals surface area contributed by atoms with Gasteiger partial charge in [0.15, 0.2) is 22.1 Å². The highest BCUT2D eigenvalue weighted by atomic mass is 79.9. The van der Waals surface area contributed by atoms with Crippen molar-refractivity contribution < 1.29 is 20.1 Å². The summed E-state index contributed by atoms with van der Waals surface area (Å²) in [5.41, 5.74) is 5.07. The lowest BCUT2D eigenvalue weighted by Crippen LogP contribution is -2.33. The number of imidazole rings is 1. The van der Waals surface area contributed by atoms with Crippen molar-refractivity contribution in [3.63, 3.8) is 0 Å². The van der Waals surface area contributed by atoms with Gasteiger partial charge in [0.25, 0.3) is 5.56 Å². The smallest absolute Gasteiger partial charge is 0.280 e. The van der Waals surface area contributed by atoms with Crippen LogP contribution >= 0.6 is 15.9 Å². The topological polar surface area (TPSA) is 160 Å². The minimum atomic E-state index is -1.32. The summed E-state index contributed by atoms with van der Waals surface area (Å²) < 4.78 is 6.87. The number of ether oxygens (including phenoxy) is 1. The number of nitrogen functional groups attached to an aromatic ring is 1. The number of aliphatic hydroxyl groups is 3. The standard InChI is InChI=1S/C10H12BrN5O5/c11-9-13-3-6(14-10(12)15-7(3)20)16(9)8-5(19)4(18)2(1-17)21-8/h2,4-5,8,17-19H,1H2,(H3,12,14,15,20)/t2-,4+,5+,8-/m0/s1. The van der Waals surface area contributed by atoms with Crippen molar-refractivity contribution in [1.29, 1.82) is 0 Å². The molecule has 2 aromatic heterocycles. The zero-order valence-corrected chi connectivity index (χ0v) is 12.1. The maximum atomic E-state index is 11.8. The molecule has 0 bridgehead atoms. The second-order valence-corrected chi connectivity index (χ2v) is 5.31. The third-order valence-electron chi connectivity index (χ3n) is 3.30. The van der Waals surface area contributed by atoms with Crippen LogP contribution in [0.1, 0.15) is 6.23 Å². The van der Waals surface area contributed by atoms with Gasteiger partial charge in [-0.2, -0.15) is 4.98 Å². The number of halogens is 1. The van der Waals surface area contributed by atoms with E-state index in [0.717, 1.165) is 0 Å². The molecule has 4 atom stereocenters. The van der Waals surface area contributed by atoms with E-state index in [4.69, 9.17) is 15.6 Å². The number of rotatable bonds is 2. The van der Waals surface area contributed by atoms with Crippen LogP contribution in [0, 0.1) is 0 Å². The molecule has 21 heavy (non-hydrogen) atoms. The molecule has 1 aliphatic rings. The van der Waals surface area contributed by atoms with Crippen LogP contribution in [-0.4, -0.2) is 59.8 Å². The van der Waals surface area contributed by atoms with Gasteiger partial charge >= 0.3 is 0 Å². The average molecular weight is 362 g/mol. The molecule has 3 heterocycles. The van der Waals surface area contributed by atoms with Crippen LogP contribution in [0.25, 0.3) is 11.2 Å². The predicted molar refractivity (Wildman–Crippen MR) is 73.3 cm³/mol. The Morgan fingerprint density at radius 3 is 2.71 bits per heavy atom. The van der Waals surface area contributed by atoms with E-state index in [1.165, 1.54) is 4.57 Å². The predicted octanol–water partition coefficient (Wildman–Crippen LogP) is -1.92. The van der Waals surface area contributed by atoms with E-state index in [9.17, 15) is 15.0 Å². The van der Waals surface area contributed by atoms with Gasteiger partial charge in [-0.05, 0) is 15.9 Å². The van der Waals surface area contributed by atoms with Crippen LogP contribution < -0.4 is 11.3 Å². The highest BCUT2D eigenvalue weighted by Crippen LogP contribution is 2.33. The quantitative estimate of drug-likeness (QED) is 0.387. The van der Waals surface area contributed by atoms with Crippen LogP contribution in [0.4, 0.5) is 5.95 Å². The lowest BCUT2D eigenvalue weighted by Gasteiger charge is -2.17. The molecule has 0 unspecified atom stereocenters. The first-order valence-electron chi connectivity index (χ1n) is 5.99. The summed E-state index contributed by atoms with van der Waals surface area (Å²) in [6, 6.07) is 0. The van der Waals surface area contributed by atoms with Crippen LogP contribution in [0.2, 0.25) is 0 Å². The Bertz CT molecular complexity index is 745. The molecule has 1 fully saturated rings. The van der Waals surface area contributed by atoms with Crippen molar-refractivity contribution in [2.24, 2.45) is 0 Å². The van der Waals surface area contributed by atoms with Crippen LogP contribution in [0.3, 0.4) is 0 Å². The molecule has 1 aliphatic heterocycles. The Kier molecular flexibility index (Phi) is 3.45. The summed E-state index contributed by atoms with van der Waals surface area (Å²) in [4.78, 5) is 22.0. The average Bonchev–Trinajstić information content (AvgIpc) is 2.89. The highest BCUT2D eigenvalue weighted by Gasteiger charge is 2.44. The minimum absolute atomic E-state index is 0.00816. The van der Waals surface area contributed by atoms with Gasteiger partial charge in [-0.15, -0.1) is 0 Å². The monoisotopic (exact) mass is 361 g/mol. The highest BCUT2D eigenvalue weighted by molar-refractivity contribution is 9.10. The first-order valence-corrected chi connectivity index (χ1v) is 6.79. The first-order chi connectivity index (χ1) is 9.93. The summed E-state index contributed by atoms with van der Waals surface area (Å²) in [7, 11) is 0. The second-order valence-electron chi connectivity index (χ2n) is 4.60. The van der Waals surface area contributed by atoms with E-state index in [2.05, 4.69) is 30.9 Å². The largest absolute Gasteiger partial charge is 0.394 e. The van der Waals surface area contributed by atoms with E-state index in [1.54, 1.807) is 0 Å². The van der Waals surface area contributed by atoms with E-state index < -0.39 is 36.7 Å². The molecule has 0 spiro atoms. The molecule has 11 heteroatoms. The van der Waals surface area contributed by atoms with Crippen molar-refractivity contribution in [3.8, 4) is 0 Å². The third kappa shape index (κ3) is 2.13. The fraction of sp³-hybridized carbons (Fsp3) is 0.500. The number of aromatic nitrogens is 4. The molecule has 0 radical (unpaired) electrons. The van der Waals surface area contributed by atoms with Gasteiger partial charge in [0.1, 0.15) is 18.3 Å². The summed E-state index contributed by atoms with van der Waals surface area (Å²) in [6.45, 7) is -0.463. The number of nitrogens with one attached hydrogen (secondary N) is 1. The fourth-order valence-corrected chi connectivity index (χ4v) is 2.84. The second kappa shape index (κ2) is 5.03. The van der Waals surface area contributed by atoms with Crippen molar-refractivity contribution in [3.05, 3.63) is 15.1 Å². The van der Waals surface area contributed by atoms with Gasteiger partial charge in [0.2, 0.25) is 5.95 Å². The molecule has 0 aromatic carbocycles. The van der Waals surface area contributed by atoms with Crippen molar-refractivity contribution in [1.82, 2.24) is 19.5 Å². The van der Waals surface area contributed by atoms with E-state index in [0.29, 0.717) is 0 Å². The molecule has 2 aromatic rings. The minimum Gasteiger partial charge on any atom is -0.394 e. The van der Waals surface area contributed by atoms with Gasteiger partial charge in [0.05, 0.1) is 6.61 Å². The maximum absolute atomic E-state index is 11.8. The maximum Gasteiger partial charge on any atom is 0.280 e. The number of H-pyrrole nitrogens is 1. The van der Waals surface area contributed by atoms with Crippen LogP contribution in [0.15, 0.2) is 9.53 Å². The molecule has 1 saturated heterocycles. The molecular formula is C10H12BrN5O5. The number of fused-ring (bicyclic) bond motifs is 1. The van der Waals surface area contributed by atoms with Gasteiger partial charge in [0, 0.05) is 0 Å². The molecule has 114 valence electrons. The molecule has 3 rings (SSSR count). The van der Waals surface area contributed by atoms with Crippen molar-refractivity contribution in [2.45, 2.75) is 24.5 Å². The molecule has 0 aliphatic carbocycles. The van der Waals surface area contributed by atoms with Gasteiger partial charge < -0.3 is 25.8 Å². The molecule has 0 amide bonds. The Labute approximate surface area is 125 Å². The zero-order chi connectivity index (χ0) is 15.3. The molecule has 0 saturated carbocycles. The Hall–Kier alpha value is -1.53. The number of hydrogen-bond donors (Lipinski definition) is 5. The molecule has 10 nitrogen and oxygen atoms in total. The summed E-state index contributed by atoms with van der Waals surface area (Å²) in [5, 5.41) is 29.0. The zero-order valence-electron chi connectivity index (χ0n) is 10.5. The molecular weight excluding hydrogens is 350 g/mol. The van der Waals surface area contributed by atoms with Gasteiger partial charge in [-0.3, -0.25) is 14.3 Å². The van der Waals surface area contributed by atoms with Gasteiger partial charge in [-0.25, -0.2) is 4.98 Å². The number of nitrogens with two attached hydrogens (primary N) is 1. The Morgan fingerprint density at radius 1 is 1.38 bits per heavy atom. The van der Waals surface area contributed by atoms with E-state index >= 15 is 0 Å². The Morgan fingerprint density at radius 2 is 2.10 bits per heavy atom. The number of anilines is 1. The summed E-state index contributed by atoms with van der Waals surface area (Å²) in [5.74, 6) is -0.118. The summed E-state index contributed by atoms with van der Waals surface area (Å²) >= 11 is 3.15. The number of aliphatic hydroxyl groups excluding tert-OH is 3. The van der Waals surface area contributed by atoms with Crippen LogP contribution in [-0.2, 0) is 4.74 Å². The Balaban J connectivity index is 2.17. The van der Waals surface area contributed by atoms with Gasteiger partial charge in [-0.1, -0.05) is 0 Å². The van der Waals surface area contributed by atoms with Crippen LogP contribution in [0.5, 0.6) is 0 Å². The normalized spacial score (nSPS) is 29.3. The fourth-order valence-electron chi connectivity index (χ4n) is 2.29. The SMILES string of the molecule is Nc1nc2c(nc(Br)n2[C@H]2O[C@@H](CO)[C@@H](O)[C@H]2O)c(=O)[nH]1. The number of nitrogens with zero attached hydrogens (tertiary/aromatic N) is 3. The molecule has 6 N–H and O–H groups in total. The lowest BCUT2D eigenvalue weighted by molar-refractivity contribution is -0.0521. The first kappa shape index (κ1) is 14.4. The van der Waals surface area contributed by atoms with E-state index in [1.807, 2.05) is 0 Å². The number of aromatic amines is 1. The van der Waals surface area contributed by atoms with Crippen molar-refractivity contribution >= 4 is 33.0 Å². The van der Waals surface area contributed by atoms with Crippen molar-refractivity contribution in [2.75, 3.05) is 12.3 Å². The lowest BCUT2D eigenvalue weighted by atomic mass is 10.1.